The lowest BCUT2D eigenvalue weighted by molar-refractivity contribution is -0.161. The number of phosphoric ester groups is 1. The van der Waals surface area contributed by atoms with Crippen molar-refractivity contribution in [3.63, 3.8) is 0 Å². The van der Waals surface area contributed by atoms with E-state index in [1.54, 1.807) is 12.2 Å². The molecule has 1 saturated carbocycles. The van der Waals surface area contributed by atoms with Crippen LogP contribution in [0.15, 0.2) is 24.3 Å². The minimum atomic E-state index is -4.83. The van der Waals surface area contributed by atoms with Gasteiger partial charge in [0.15, 0.2) is 6.10 Å². The highest BCUT2D eigenvalue weighted by Gasteiger charge is 2.39. The lowest BCUT2D eigenvalue weighted by atomic mass is 9.90. The topological polar surface area (TPSA) is 177 Å². The lowest BCUT2D eigenvalue weighted by Crippen LogP contribution is -2.29. The molecule has 0 saturated heterocycles. The molecule has 1 aliphatic carbocycles. The van der Waals surface area contributed by atoms with E-state index in [1.165, 1.54) is 57.8 Å². The summed E-state index contributed by atoms with van der Waals surface area (Å²) in [6, 6.07) is 0. The van der Waals surface area contributed by atoms with Gasteiger partial charge in [-0.25, -0.2) is 4.57 Å². The van der Waals surface area contributed by atoms with Crippen LogP contribution in [0.2, 0.25) is 0 Å². The van der Waals surface area contributed by atoms with Crippen molar-refractivity contribution in [2.45, 2.75) is 187 Å². The Morgan fingerprint density at radius 1 is 0.811 bits per heavy atom. The first kappa shape index (κ1) is 49.1. The van der Waals surface area contributed by atoms with Gasteiger partial charge < -0.3 is 29.5 Å². The fourth-order valence-corrected chi connectivity index (χ4v) is 6.96. The molecule has 4 N–H and O–H groups in total. The summed E-state index contributed by atoms with van der Waals surface area (Å²) >= 11 is 0. The van der Waals surface area contributed by atoms with Crippen LogP contribution in [-0.2, 0) is 32.9 Å². The van der Waals surface area contributed by atoms with Crippen LogP contribution in [0, 0.1) is 17.8 Å². The Labute approximate surface area is 320 Å². The molecule has 0 aromatic heterocycles. The molecular formula is C41H73O11P. The number of hydrogen-bond acceptors (Lipinski definition) is 9. The molecule has 0 radical (unpaired) electrons. The van der Waals surface area contributed by atoms with Gasteiger partial charge in [-0.2, -0.15) is 0 Å². The van der Waals surface area contributed by atoms with Crippen LogP contribution in [0.5, 0.6) is 0 Å². The SMILES string of the molecule is CCCCC[C@H](O)/C=C/[C@H]1C(=O)C[C@H](O)[C@@H]1C/C=C\CCCC(=O)O[C@H](COC(=O)CCCCCCCCCCCCCCC(C)C)COP(=O)(O)O. The van der Waals surface area contributed by atoms with Gasteiger partial charge in [0.05, 0.1) is 18.8 Å². The van der Waals surface area contributed by atoms with Crippen LogP contribution in [0.25, 0.3) is 0 Å². The van der Waals surface area contributed by atoms with Crippen LogP contribution < -0.4 is 0 Å². The van der Waals surface area contributed by atoms with Crippen molar-refractivity contribution in [2.75, 3.05) is 13.2 Å². The van der Waals surface area contributed by atoms with E-state index in [0.29, 0.717) is 32.1 Å². The number of rotatable bonds is 33. The zero-order valence-electron chi connectivity index (χ0n) is 33.0. The van der Waals surface area contributed by atoms with Crippen LogP contribution in [0.4, 0.5) is 0 Å². The van der Waals surface area contributed by atoms with Crippen molar-refractivity contribution in [1.82, 2.24) is 0 Å². The van der Waals surface area contributed by atoms with E-state index >= 15 is 0 Å². The quantitative estimate of drug-likeness (QED) is 0.0217. The van der Waals surface area contributed by atoms with Crippen molar-refractivity contribution in [3.8, 4) is 0 Å². The maximum atomic E-state index is 12.5. The van der Waals surface area contributed by atoms with Gasteiger partial charge in [0.1, 0.15) is 12.4 Å². The van der Waals surface area contributed by atoms with E-state index in [2.05, 4.69) is 25.3 Å². The molecule has 1 rings (SSSR count). The highest BCUT2D eigenvalue weighted by molar-refractivity contribution is 7.46. The minimum Gasteiger partial charge on any atom is -0.462 e. The van der Waals surface area contributed by atoms with Gasteiger partial charge in [-0.15, -0.1) is 0 Å². The first-order chi connectivity index (χ1) is 25.3. The molecule has 1 aliphatic rings. The van der Waals surface area contributed by atoms with Crippen LogP contribution in [0.1, 0.15) is 168 Å². The molecule has 0 aliphatic heterocycles. The predicted molar refractivity (Wildman–Crippen MR) is 208 cm³/mol. The fourth-order valence-electron chi connectivity index (χ4n) is 6.60. The molecule has 53 heavy (non-hydrogen) atoms. The molecule has 0 amide bonds. The molecule has 0 unspecified atom stereocenters. The van der Waals surface area contributed by atoms with Gasteiger partial charge in [0, 0.05) is 31.1 Å². The first-order valence-corrected chi connectivity index (χ1v) is 22.1. The maximum absolute atomic E-state index is 12.5. The average Bonchev–Trinajstić information content (AvgIpc) is 3.36. The smallest absolute Gasteiger partial charge is 0.462 e. The number of ketones is 1. The molecule has 5 atom stereocenters. The van der Waals surface area contributed by atoms with Gasteiger partial charge in [-0.05, 0) is 38.0 Å². The van der Waals surface area contributed by atoms with E-state index in [-0.39, 0.29) is 37.6 Å². The Morgan fingerprint density at radius 3 is 2.00 bits per heavy atom. The predicted octanol–water partition coefficient (Wildman–Crippen LogP) is 8.85. The Bertz CT molecular complexity index is 1090. The average molecular weight is 773 g/mol. The second-order valence-electron chi connectivity index (χ2n) is 15.2. The number of unbranched alkanes of at least 4 members (excludes halogenated alkanes) is 14. The number of carbonyl (C=O) groups excluding carboxylic acids is 3. The second-order valence-corrected chi connectivity index (χ2v) is 16.5. The van der Waals surface area contributed by atoms with E-state index < -0.39 is 50.6 Å². The second kappa shape index (κ2) is 30.4. The van der Waals surface area contributed by atoms with E-state index in [9.17, 15) is 29.2 Å². The summed E-state index contributed by atoms with van der Waals surface area (Å²) in [5.41, 5.74) is 0. The molecule has 1 fully saturated rings. The summed E-state index contributed by atoms with van der Waals surface area (Å²) in [6.45, 7) is 5.67. The van der Waals surface area contributed by atoms with E-state index in [1.807, 2.05) is 12.2 Å². The summed E-state index contributed by atoms with van der Waals surface area (Å²) < 4.78 is 26.3. The number of Topliss-reactive ketones (excluding diaryl/α,β-unsaturated/α-hetero) is 1. The van der Waals surface area contributed by atoms with Crippen molar-refractivity contribution < 1.29 is 52.9 Å². The fraction of sp³-hybridized carbons (Fsp3) is 0.829. The van der Waals surface area contributed by atoms with Crippen molar-refractivity contribution in [1.29, 1.82) is 0 Å². The van der Waals surface area contributed by atoms with Gasteiger partial charge in [0.25, 0.3) is 0 Å². The zero-order valence-corrected chi connectivity index (χ0v) is 33.9. The summed E-state index contributed by atoms with van der Waals surface area (Å²) in [5.74, 6) is -1.04. The molecule has 0 aromatic carbocycles. The molecule has 0 spiro atoms. The lowest BCUT2D eigenvalue weighted by Gasteiger charge is -2.18. The Kier molecular flexibility index (Phi) is 28.1. The maximum Gasteiger partial charge on any atom is 0.469 e. The highest BCUT2D eigenvalue weighted by atomic mass is 31.2. The standard InChI is InChI=1S/C41H73O11P/c1-4-5-18-24-34(42)28-29-37-36(38(43)30-39(37)44)25-20-16-17-22-27-41(46)52-35(32-51-53(47,48)49)31-50-40(45)26-21-15-13-11-9-7-6-8-10-12-14-19-23-33(2)3/h16,20,28-29,33-38,42-43H,4-15,17-19,21-27,30-32H2,1-3H3,(H2,47,48,49)/b20-16-,29-28+/t34-,35+,36+,37+,38-/m0/s1. The molecule has 12 heteroatoms. The molecule has 308 valence electrons. The third-order valence-corrected chi connectivity index (χ3v) is 10.3. The Balaban J connectivity index is 2.31. The van der Waals surface area contributed by atoms with Crippen LogP contribution in [0.3, 0.4) is 0 Å². The zero-order chi connectivity index (χ0) is 39.3. The molecule has 0 aromatic rings. The van der Waals surface area contributed by atoms with Crippen LogP contribution >= 0.6 is 7.82 Å². The Hall–Kier alpha value is -1.88. The van der Waals surface area contributed by atoms with Crippen molar-refractivity contribution in [3.05, 3.63) is 24.3 Å². The summed E-state index contributed by atoms with van der Waals surface area (Å²) in [6.07, 6.45) is 25.6. The van der Waals surface area contributed by atoms with Gasteiger partial charge in [-0.1, -0.05) is 141 Å². The third kappa shape index (κ3) is 27.4. The minimum absolute atomic E-state index is 0.0228. The summed E-state index contributed by atoms with van der Waals surface area (Å²) in [5, 5.41) is 20.6. The van der Waals surface area contributed by atoms with Crippen molar-refractivity contribution in [2.24, 2.45) is 17.8 Å². The van der Waals surface area contributed by atoms with Crippen LogP contribution in [-0.4, -0.2) is 69.2 Å². The Morgan fingerprint density at radius 2 is 1.40 bits per heavy atom. The monoisotopic (exact) mass is 772 g/mol. The third-order valence-electron chi connectivity index (χ3n) is 9.78. The first-order valence-electron chi connectivity index (χ1n) is 20.6. The normalized spacial score (nSPS) is 19.1. The van der Waals surface area contributed by atoms with Gasteiger partial charge >= 0.3 is 19.8 Å². The number of phosphoric acid groups is 1. The van der Waals surface area contributed by atoms with E-state index in [4.69, 9.17) is 19.3 Å². The molecule has 0 bridgehead atoms. The number of esters is 2. The highest BCUT2D eigenvalue weighted by Crippen LogP contribution is 2.36. The molecule has 0 heterocycles. The van der Waals surface area contributed by atoms with Gasteiger partial charge in [0.2, 0.25) is 0 Å². The number of allylic oxidation sites excluding steroid dienone is 3. The molecular weight excluding hydrogens is 699 g/mol. The number of hydrogen-bond donors (Lipinski definition) is 4. The summed E-state index contributed by atoms with van der Waals surface area (Å²) in [4.78, 5) is 55.5. The number of ether oxygens (including phenoxy) is 2. The van der Waals surface area contributed by atoms with Gasteiger partial charge in [-0.3, -0.25) is 18.9 Å². The number of aliphatic hydroxyl groups excluding tert-OH is 2. The van der Waals surface area contributed by atoms with E-state index in [0.717, 1.165) is 44.4 Å². The molecule has 11 nitrogen and oxygen atoms in total. The summed E-state index contributed by atoms with van der Waals surface area (Å²) in [7, 11) is -4.83. The number of aliphatic hydroxyl groups is 2. The van der Waals surface area contributed by atoms with Crippen molar-refractivity contribution >= 4 is 25.5 Å². The largest absolute Gasteiger partial charge is 0.469 e. The number of carbonyl (C=O) groups is 3.